The van der Waals surface area contributed by atoms with Gasteiger partial charge in [0.15, 0.2) is 0 Å². The maximum absolute atomic E-state index is 12.8. The second-order valence-electron chi connectivity index (χ2n) is 7.90. The van der Waals surface area contributed by atoms with Crippen molar-refractivity contribution in [2.75, 3.05) is 24.3 Å². The molecular weight excluding hydrogens is 420 g/mol. The first-order valence-corrected chi connectivity index (χ1v) is 11.0. The van der Waals surface area contributed by atoms with Gasteiger partial charge in [0.1, 0.15) is 0 Å². The molecular formula is C25H30N4O4. The van der Waals surface area contributed by atoms with Gasteiger partial charge >= 0.3 is 18.0 Å². The second-order valence-corrected chi connectivity index (χ2v) is 7.90. The van der Waals surface area contributed by atoms with Gasteiger partial charge < -0.3 is 20.7 Å². The third-order valence-corrected chi connectivity index (χ3v) is 5.61. The summed E-state index contributed by atoms with van der Waals surface area (Å²) >= 11 is 0. The summed E-state index contributed by atoms with van der Waals surface area (Å²) in [5.74, 6) is -0.505. The van der Waals surface area contributed by atoms with Gasteiger partial charge in [-0.1, -0.05) is 43.7 Å². The van der Waals surface area contributed by atoms with E-state index in [0.717, 1.165) is 18.4 Å². The number of nitrogens with zero attached hydrogens (tertiary/aromatic N) is 1. The summed E-state index contributed by atoms with van der Waals surface area (Å²) in [6, 6.07) is 13.2. The number of anilines is 2. The number of carbonyl (C=O) groups excluding carboxylic acids is 3. The topological polar surface area (TPSA) is 99.8 Å². The first kappa shape index (κ1) is 23.8. The smallest absolute Gasteiger partial charge is 0.337 e. The Morgan fingerprint density at radius 2 is 1.85 bits per heavy atom. The molecule has 0 spiro atoms. The molecule has 0 fully saturated rings. The van der Waals surface area contributed by atoms with Gasteiger partial charge in [0, 0.05) is 23.6 Å². The molecule has 2 aromatic carbocycles. The number of unbranched alkanes of at least 4 members (excludes halogenated alkanes) is 1. The van der Waals surface area contributed by atoms with E-state index in [1.165, 1.54) is 7.11 Å². The number of aryl methyl sites for hydroxylation is 1. The maximum Gasteiger partial charge on any atom is 0.337 e. The van der Waals surface area contributed by atoms with Crippen molar-refractivity contribution in [3.63, 3.8) is 0 Å². The first-order chi connectivity index (χ1) is 15.8. The fourth-order valence-electron chi connectivity index (χ4n) is 3.78. The van der Waals surface area contributed by atoms with Crippen LogP contribution in [-0.4, -0.2) is 36.6 Å². The van der Waals surface area contributed by atoms with E-state index in [1.807, 2.05) is 38.1 Å². The van der Waals surface area contributed by atoms with Gasteiger partial charge in [0.25, 0.3) is 0 Å². The minimum Gasteiger partial charge on any atom is -0.466 e. The number of methoxy groups -OCH3 is 1. The molecule has 0 aliphatic carbocycles. The number of allylic oxidation sites excluding steroid dienone is 1. The van der Waals surface area contributed by atoms with Crippen LogP contribution in [0, 0.1) is 6.92 Å². The lowest BCUT2D eigenvalue weighted by atomic mass is 9.94. The van der Waals surface area contributed by atoms with Crippen LogP contribution in [0.4, 0.5) is 21.0 Å². The summed E-state index contributed by atoms with van der Waals surface area (Å²) in [7, 11) is 1.32. The Labute approximate surface area is 194 Å². The lowest BCUT2D eigenvalue weighted by molar-refractivity contribution is -0.136. The summed E-state index contributed by atoms with van der Waals surface area (Å²) in [5, 5.41) is 8.55. The summed E-state index contributed by atoms with van der Waals surface area (Å²) in [6.07, 6.45) is 1.74. The number of rotatable bonds is 7. The summed E-state index contributed by atoms with van der Waals surface area (Å²) in [4.78, 5) is 39.5. The van der Waals surface area contributed by atoms with E-state index in [2.05, 4.69) is 16.0 Å². The predicted molar refractivity (Wildman–Crippen MR) is 128 cm³/mol. The molecule has 3 rings (SSSR count). The van der Waals surface area contributed by atoms with Crippen LogP contribution in [0.25, 0.3) is 0 Å². The van der Waals surface area contributed by atoms with Crippen LogP contribution in [0.1, 0.15) is 43.9 Å². The molecule has 0 radical (unpaired) electrons. The average Bonchev–Trinajstić information content (AvgIpc) is 2.80. The Morgan fingerprint density at radius 3 is 2.55 bits per heavy atom. The van der Waals surface area contributed by atoms with Gasteiger partial charge in [-0.2, -0.15) is 0 Å². The zero-order valence-electron chi connectivity index (χ0n) is 19.4. The maximum atomic E-state index is 12.8. The molecule has 33 heavy (non-hydrogen) atoms. The number of hydrogen-bond acceptors (Lipinski definition) is 4. The Bertz CT molecular complexity index is 1080. The average molecular weight is 451 g/mol. The highest BCUT2D eigenvalue weighted by atomic mass is 16.5. The predicted octanol–water partition coefficient (Wildman–Crippen LogP) is 4.95. The fourth-order valence-corrected chi connectivity index (χ4v) is 3.78. The minimum atomic E-state index is -0.691. The van der Waals surface area contributed by atoms with Crippen LogP contribution >= 0.6 is 0 Å². The molecule has 4 amide bonds. The van der Waals surface area contributed by atoms with E-state index in [0.29, 0.717) is 34.8 Å². The van der Waals surface area contributed by atoms with Crippen LogP contribution in [0.2, 0.25) is 0 Å². The quantitative estimate of drug-likeness (QED) is 0.520. The van der Waals surface area contributed by atoms with Crippen molar-refractivity contribution in [1.82, 2.24) is 10.2 Å². The van der Waals surface area contributed by atoms with Crippen molar-refractivity contribution < 1.29 is 19.1 Å². The second kappa shape index (κ2) is 10.7. The highest BCUT2D eigenvalue weighted by Gasteiger charge is 2.36. The normalized spacial score (nSPS) is 15.7. The Kier molecular flexibility index (Phi) is 7.71. The number of nitrogens with one attached hydrogen (secondary N) is 3. The molecule has 0 saturated carbocycles. The zero-order valence-corrected chi connectivity index (χ0v) is 19.4. The zero-order chi connectivity index (χ0) is 24.0. The monoisotopic (exact) mass is 450 g/mol. The Balaban J connectivity index is 1.86. The number of urea groups is 2. The molecule has 0 saturated heterocycles. The van der Waals surface area contributed by atoms with E-state index in [1.54, 1.807) is 36.1 Å². The fraction of sp³-hybridized carbons (Fsp3) is 0.320. The SMILES string of the molecule is CCCCN1C(=O)NC(c2cccc(NC(=O)Nc3ccccc3C)c2)C(C(=O)OC)=C1C. The van der Waals surface area contributed by atoms with E-state index in [4.69, 9.17) is 4.74 Å². The Morgan fingerprint density at radius 1 is 1.09 bits per heavy atom. The number of hydrogen-bond donors (Lipinski definition) is 3. The molecule has 8 heteroatoms. The number of para-hydroxylation sites is 1. The molecule has 1 heterocycles. The van der Waals surface area contributed by atoms with E-state index in [-0.39, 0.29) is 12.1 Å². The molecule has 1 aliphatic heterocycles. The van der Waals surface area contributed by atoms with Crippen molar-refractivity contribution in [2.45, 2.75) is 39.7 Å². The standard InChI is InChI=1S/C25H30N4O4/c1-5-6-14-29-17(3)21(23(30)33-4)22(28-25(29)32)18-11-9-12-19(15-18)26-24(31)27-20-13-8-7-10-16(20)2/h7-13,15,22H,5-6,14H2,1-4H3,(H,28,32)(H2,26,27,31). The number of benzene rings is 2. The molecule has 0 bridgehead atoms. The number of esters is 1. The Hall–Kier alpha value is -3.81. The largest absolute Gasteiger partial charge is 0.466 e. The third-order valence-electron chi connectivity index (χ3n) is 5.61. The van der Waals surface area contributed by atoms with E-state index < -0.39 is 12.0 Å². The number of ether oxygens (including phenoxy) is 1. The van der Waals surface area contributed by atoms with Crippen molar-refractivity contribution in [1.29, 1.82) is 0 Å². The molecule has 3 N–H and O–H groups in total. The molecule has 2 aromatic rings. The molecule has 8 nitrogen and oxygen atoms in total. The van der Waals surface area contributed by atoms with Crippen molar-refractivity contribution in [2.24, 2.45) is 0 Å². The third kappa shape index (κ3) is 5.52. The lowest BCUT2D eigenvalue weighted by Crippen LogP contribution is -2.48. The summed E-state index contributed by atoms with van der Waals surface area (Å²) in [6.45, 7) is 6.22. The van der Waals surface area contributed by atoms with Crippen LogP contribution in [0.5, 0.6) is 0 Å². The number of carbonyl (C=O) groups is 3. The molecule has 1 atom stereocenters. The molecule has 0 aromatic heterocycles. The summed E-state index contributed by atoms with van der Waals surface area (Å²) < 4.78 is 5.02. The van der Waals surface area contributed by atoms with Crippen LogP contribution in [0.15, 0.2) is 59.8 Å². The first-order valence-electron chi connectivity index (χ1n) is 11.0. The van der Waals surface area contributed by atoms with Crippen molar-refractivity contribution in [3.8, 4) is 0 Å². The van der Waals surface area contributed by atoms with Crippen molar-refractivity contribution in [3.05, 3.63) is 70.9 Å². The highest BCUT2D eigenvalue weighted by Crippen LogP contribution is 2.32. The highest BCUT2D eigenvalue weighted by molar-refractivity contribution is 6.00. The van der Waals surface area contributed by atoms with Gasteiger partial charge in [-0.05, 0) is 49.6 Å². The number of amides is 4. The van der Waals surface area contributed by atoms with E-state index in [9.17, 15) is 14.4 Å². The van der Waals surface area contributed by atoms with Gasteiger partial charge in [0.05, 0.1) is 18.7 Å². The van der Waals surface area contributed by atoms with Gasteiger partial charge in [0.2, 0.25) is 0 Å². The molecule has 1 aliphatic rings. The van der Waals surface area contributed by atoms with Gasteiger partial charge in [-0.3, -0.25) is 4.90 Å². The van der Waals surface area contributed by atoms with Gasteiger partial charge in [-0.25, -0.2) is 14.4 Å². The van der Waals surface area contributed by atoms with Gasteiger partial charge in [-0.15, -0.1) is 0 Å². The molecule has 1 unspecified atom stereocenters. The van der Waals surface area contributed by atoms with Crippen LogP contribution in [0.3, 0.4) is 0 Å². The lowest BCUT2D eigenvalue weighted by Gasteiger charge is -2.35. The van der Waals surface area contributed by atoms with Crippen molar-refractivity contribution >= 4 is 29.4 Å². The summed E-state index contributed by atoms with van der Waals surface area (Å²) in [5.41, 5.74) is 3.79. The van der Waals surface area contributed by atoms with E-state index >= 15 is 0 Å². The van der Waals surface area contributed by atoms with Crippen LogP contribution < -0.4 is 16.0 Å². The molecule has 174 valence electrons. The van der Waals surface area contributed by atoms with Crippen LogP contribution in [-0.2, 0) is 9.53 Å². The minimum absolute atomic E-state index is 0.269.